The molecule has 1 heterocycles. The number of carboxylic acid groups (broad SMARTS) is 1. The first-order chi connectivity index (χ1) is 7.81. The molecule has 0 atom stereocenters. The van der Waals surface area contributed by atoms with E-state index in [9.17, 15) is 9.59 Å². The molecule has 0 spiro atoms. The molecule has 0 aliphatic carbocycles. The summed E-state index contributed by atoms with van der Waals surface area (Å²) in [5.41, 5.74) is 0.666. The molecule has 6 nitrogen and oxygen atoms in total. The lowest BCUT2D eigenvalue weighted by molar-refractivity contribution is -0.138. The van der Waals surface area contributed by atoms with Gasteiger partial charge in [0, 0.05) is 6.07 Å². The lowest BCUT2D eigenvalue weighted by Gasteiger charge is -2.17. The number of carbonyl (C=O) groups is 2. The van der Waals surface area contributed by atoms with Crippen LogP contribution in [-0.2, 0) is 9.59 Å². The summed E-state index contributed by atoms with van der Waals surface area (Å²) in [6.45, 7) is 4.83. The molecular formula is C10H14N2O4S. The van der Waals surface area contributed by atoms with Crippen molar-refractivity contribution in [1.82, 2.24) is 5.16 Å². The number of amides is 1. The van der Waals surface area contributed by atoms with E-state index in [1.54, 1.807) is 26.8 Å². The topological polar surface area (TPSA) is 92.4 Å². The molecule has 2 N–H and O–H groups in total. The summed E-state index contributed by atoms with van der Waals surface area (Å²) in [5.74, 6) is -0.966. The van der Waals surface area contributed by atoms with Crippen LogP contribution in [0.25, 0.3) is 0 Å². The maximum Gasteiger partial charge on any atom is 0.319 e. The molecule has 94 valence electrons. The van der Waals surface area contributed by atoms with E-state index in [1.807, 2.05) is 0 Å². The van der Waals surface area contributed by atoms with E-state index in [0.29, 0.717) is 5.69 Å². The van der Waals surface area contributed by atoms with E-state index in [-0.39, 0.29) is 17.5 Å². The number of thioether (sulfide) groups is 1. The largest absolute Gasteiger partial charge is 0.480 e. The van der Waals surface area contributed by atoms with E-state index in [4.69, 9.17) is 9.63 Å². The molecule has 0 saturated carbocycles. The molecule has 1 amide bonds. The van der Waals surface area contributed by atoms with Crippen molar-refractivity contribution in [3.05, 3.63) is 11.8 Å². The maximum atomic E-state index is 11.5. The Balaban J connectivity index is 2.43. The Hall–Kier alpha value is -1.50. The molecular weight excluding hydrogens is 244 g/mol. The van der Waals surface area contributed by atoms with Crippen LogP contribution in [0.3, 0.4) is 0 Å². The Labute approximate surface area is 103 Å². The summed E-state index contributed by atoms with van der Waals surface area (Å²) in [6.07, 6.45) is 0. The number of nitrogens with one attached hydrogen (secondary N) is 1. The number of rotatable bonds is 5. The molecule has 17 heavy (non-hydrogen) atoms. The van der Waals surface area contributed by atoms with Crippen LogP contribution in [0.4, 0.5) is 5.88 Å². The molecule has 7 heteroatoms. The van der Waals surface area contributed by atoms with Crippen LogP contribution in [0.1, 0.15) is 19.5 Å². The lowest BCUT2D eigenvalue weighted by atomic mass is 10.2. The zero-order valence-electron chi connectivity index (χ0n) is 9.81. The minimum Gasteiger partial charge on any atom is -0.480 e. The van der Waals surface area contributed by atoms with E-state index >= 15 is 0 Å². The number of nitrogens with zero attached hydrogens (tertiary/aromatic N) is 1. The first-order valence-corrected chi connectivity index (χ1v) is 5.90. The molecule has 1 aromatic rings. The van der Waals surface area contributed by atoms with Crippen molar-refractivity contribution in [2.45, 2.75) is 25.5 Å². The number of aryl methyl sites for hydroxylation is 1. The number of aromatic nitrogens is 1. The van der Waals surface area contributed by atoms with Crippen LogP contribution in [0.15, 0.2) is 10.6 Å². The number of aliphatic carboxylic acids is 1. The molecule has 0 aliphatic heterocycles. The van der Waals surface area contributed by atoms with Gasteiger partial charge in [-0.15, -0.1) is 11.8 Å². The van der Waals surface area contributed by atoms with Crippen LogP contribution in [0.2, 0.25) is 0 Å². The summed E-state index contributed by atoms with van der Waals surface area (Å²) in [5, 5.41) is 15.0. The van der Waals surface area contributed by atoms with Gasteiger partial charge < -0.3 is 9.63 Å². The first-order valence-electron chi connectivity index (χ1n) is 4.92. The molecule has 0 aliphatic rings. The smallest absolute Gasteiger partial charge is 0.319 e. The molecule has 0 bridgehead atoms. The standard InChI is InChI=1S/C10H14N2O4S/c1-6-4-8(16-12-6)11-7(13)5-17-10(2,3)9(14)15/h4H,5H2,1-3H3,(H,11,13)(H,14,15). The third-order valence-corrected chi connectivity index (χ3v) is 3.27. The van der Waals surface area contributed by atoms with Gasteiger partial charge in [0.1, 0.15) is 4.75 Å². The van der Waals surface area contributed by atoms with Gasteiger partial charge in [0.25, 0.3) is 0 Å². The Morgan fingerprint density at radius 1 is 1.59 bits per heavy atom. The third kappa shape index (κ3) is 4.10. The van der Waals surface area contributed by atoms with Crippen molar-refractivity contribution in [2.75, 3.05) is 11.1 Å². The summed E-state index contributed by atoms with van der Waals surface area (Å²) in [4.78, 5) is 22.3. The summed E-state index contributed by atoms with van der Waals surface area (Å²) < 4.78 is 3.82. The van der Waals surface area contributed by atoms with E-state index in [1.165, 1.54) is 0 Å². The minimum atomic E-state index is -0.991. The van der Waals surface area contributed by atoms with E-state index in [2.05, 4.69) is 10.5 Å². The number of hydrogen-bond donors (Lipinski definition) is 2. The normalized spacial score (nSPS) is 11.2. The number of hydrogen-bond acceptors (Lipinski definition) is 5. The van der Waals surface area contributed by atoms with Gasteiger partial charge in [-0.2, -0.15) is 0 Å². The van der Waals surface area contributed by atoms with Gasteiger partial charge >= 0.3 is 5.97 Å². The Morgan fingerprint density at radius 2 is 2.24 bits per heavy atom. The average molecular weight is 258 g/mol. The lowest BCUT2D eigenvalue weighted by Crippen LogP contribution is -2.29. The van der Waals surface area contributed by atoms with Crippen LogP contribution in [-0.4, -0.2) is 32.6 Å². The maximum absolute atomic E-state index is 11.5. The SMILES string of the molecule is Cc1cc(NC(=O)CSC(C)(C)C(=O)O)on1. The highest BCUT2D eigenvalue weighted by Crippen LogP contribution is 2.24. The van der Waals surface area contributed by atoms with Crippen molar-refractivity contribution in [1.29, 1.82) is 0 Å². The van der Waals surface area contributed by atoms with E-state index < -0.39 is 10.7 Å². The highest BCUT2D eigenvalue weighted by molar-refractivity contribution is 8.02. The fourth-order valence-electron chi connectivity index (χ4n) is 0.904. The van der Waals surface area contributed by atoms with Gasteiger partial charge in [-0.1, -0.05) is 5.16 Å². The van der Waals surface area contributed by atoms with Crippen molar-refractivity contribution < 1.29 is 19.2 Å². The van der Waals surface area contributed by atoms with Crippen molar-refractivity contribution in [3.63, 3.8) is 0 Å². The van der Waals surface area contributed by atoms with Gasteiger partial charge in [0.05, 0.1) is 11.4 Å². The first kappa shape index (κ1) is 13.6. The van der Waals surface area contributed by atoms with Crippen molar-refractivity contribution >= 4 is 29.5 Å². The second kappa shape index (κ2) is 5.22. The highest BCUT2D eigenvalue weighted by Gasteiger charge is 2.28. The second-order valence-corrected chi connectivity index (χ2v) is 5.58. The monoisotopic (exact) mass is 258 g/mol. The molecule has 1 rings (SSSR count). The van der Waals surface area contributed by atoms with Gasteiger partial charge in [0.2, 0.25) is 11.8 Å². The predicted molar refractivity (Wildman–Crippen MR) is 64.0 cm³/mol. The number of carboxylic acids is 1. The Morgan fingerprint density at radius 3 is 2.71 bits per heavy atom. The van der Waals surface area contributed by atoms with Crippen molar-refractivity contribution in [2.24, 2.45) is 0 Å². The Kier molecular flexibility index (Phi) is 4.17. The molecule has 0 unspecified atom stereocenters. The van der Waals surface area contributed by atoms with Gasteiger partial charge in [0.15, 0.2) is 0 Å². The highest BCUT2D eigenvalue weighted by atomic mass is 32.2. The third-order valence-electron chi connectivity index (χ3n) is 1.97. The quantitative estimate of drug-likeness (QED) is 0.831. The van der Waals surface area contributed by atoms with Gasteiger partial charge in [-0.25, -0.2) is 0 Å². The zero-order valence-corrected chi connectivity index (χ0v) is 10.6. The minimum absolute atomic E-state index is 0.0407. The predicted octanol–water partition coefficient (Wildman–Crippen LogP) is 1.52. The molecule has 0 aromatic carbocycles. The van der Waals surface area contributed by atoms with Crippen LogP contribution < -0.4 is 5.32 Å². The van der Waals surface area contributed by atoms with Crippen LogP contribution in [0.5, 0.6) is 0 Å². The molecule has 0 saturated heterocycles. The molecule has 1 aromatic heterocycles. The zero-order chi connectivity index (χ0) is 13.1. The summed E-state index contributed by atoms with van der Waals surface area (Å²) in [7, 11) is 0. The summed E-state index contributed by atoms with van der Waals surface area (Å²) in [6, 6.07) is 1.59. The fraction of sp³-hybridized carbons (Fsp3) is 0.500. The molecule has 0 fully saturated rings. The van der Waals surface area contributed by atoms with Crippen LogP contribution in [0, 0.1) is 6.92 Å². The summed E-state index contributed by atoms with van der Waals surface area (Å²) >= 11 is 1.05. The van der Waals surface area contributed by atoms with Gasteiger partial charge in [-0.05, 0) is 20.8 Å². The fourth-order valence-corrected chi connectivity index (χ4v) is 1.59. The van der Waals surface area contributed by atoms with Crippen molar-refractivity contribution in [3.8, 4) is 0 Å². The van der Waals surface area contributed by atoms with Crippen LogP contribution >= 0.6 is 11.8 Å². The number of anilines is 1. The average Bonchev–Trinajstić information content (AvgIpc) is 2.61. The number of carbonyl (C=O) groups excluding carboxylic acids is 1. The molecule has 0 radical (unpaired) electrons. The van der Waals surface area contributed by atoms with E-state index in [0.717, 1.165) is 11.8 Å². The van der Waals surface area contributed by atoms with Gasteiger partial charge in [-0.3, -0.25) is 14.9 Å². The Bertz CT molecular complexity index is 428. The second-order valence-electron chi connectivity index (χ2n) is 3.98.